The largest absolute Gasteiger partial charge is 0.497 e. The predicted octanol–water partition coefficient (Wildman–Crippen LogP) is 7.15. The van der Waals surface area contributed by atoms with Crippen molar-refractivity contribution in [3.05, 3.63) is 132 Å². The molecule has 0 aliphatic carbocycles. The number of amides is 2. The molecule has 0 radical (unpaired) electrons. The van der Waals surface area contributed by atoms with Gasteiger partial charge in [-0.2, -0.15) is 0 Å². The summed E-state index contributed by atoms with van der Waals surface area (Å²) in [6.45, 7) is 2.82. The number of imidazole rings is 1. The Labute approximate surface area is 293 Å². The molecule has 10 nitrogen and oxygen atoms in total. The summed E-state index contributed by atoms with van der Waals surface area (Å²) < 4.78 is 26.2. The number of hydrogen-bond donors (Lipinski definition) is 3. The van der Waals surface area contributed by atoms with E-state index in [4.69, 9.17) is 18.9 Å². The number of urea groups is 1. The van der Waals surface area contributed by atoms with Gasteiger partial charge < -0.3 is 39.3 Å². The van der Waals surface area contributed by atoms with Crippen molar-refractivity contribution in [2.75, 3.05) is 32.7 Å². The van der Waals surface area contributed by atoms with Gasteiger partial charge in [0.05, 0.1) is 39.0 Å². The smallest absolute Gasteiger partial charge is 0.319 e. The van der Waals surface area contributed by atoms with Crippen LogP contribution in [0.25, 0.3) is 11.3 Å². The molecule has 2 amide bonds. The highest BCUT2D eigenvalue weighted by Crippen LogP contribution is 2.43. The molecule has 1 aliphatic rings. The van der Waals surface area contributed by atoms with Crippen LogP contribution in [0.3, 0.4) is 0 Å². The van der Waals surface area contributed by atoms with Crippen LogP contribution >= 0.6 is 0 Å². The van der Waals surface area contributed by atoms with Gasteiger partial charge >= 0.3 is 6.03 Å². The van der Waals surface area contributed by atoms with Crippen molar-refractivity contribution < 1.29 is 28.8 Å². The number of rotatable bonds is 14. The lowest BCUT2D eigenvalue weighted by Gasteiger charge is -2.37. The van der Waals surface area contributed by atoms with E-state index < -0.39 is 24.0 Å². The van der Waals surface area contributed by atoms with Gasteiger partial charge in [0.1, 0.15) is 29.4 Å². The van der Waals surface area contributed by atoms with Gasteiger partial charge in [0, 0.05) is 30.4 Å². The van der Waals surface area contributed by atoms with Gasteiger partial charge in [0.2, 0.25) is 0 Å². The van der Waals surface area contributed by atoms with Gasteiger partial charge in [0.15, 0.2) is 0 Å². The molecule has 3 N–H and O–H groups in total. The Kier molecular flexibility index (Phi) is 11.1. The van der Waals surface area contributed by atoms with E-state index in [1.54, 1.807) is 20.5 Å². The fourth-order valence-corrected chi connectivity index (χ4v) is 6.28. The van der Waals surface area contributed by atoms with Gasteiger partial charge in [-0.25, -0.2) is 9.78 Å². The summed E-state index contributed by atoms with van der Waals surface area (Å²) in [7, 11) is 3.28. The number of hydrogen-bond acceptors (Lipinski definition) is 7. The number of aliphatic hydroxyl groups excluding tert-OH is 1. The van der Waals surface area contributed by atoms with E-state index in [9.17, 15) is 9.90 Å². The number of anilines is 1. The van der Waals surface area contributed by atoms with Crippen LogP contribution in [-0.2, 0) is 15.1 Å². The minimum atomic E-state index is -1.03. The molecule has 10 heteroatoms. The summed E-state index contributed by atoms with van der Waals surface area (Å²) in [5.74, 6) is 1.47. The molecule has 1 fully saturated rings. The minimum Gasteiger partial charge on any atom is -0.497 e. The van der Waals surface area contributed by atoms with Crippen molar-refractivity contribution in [1.82, 2.24) is 14.9 Å². The molecule has 0 bridgehead atoms. The van der Waals surface area contributed by atoms with E-state index >= 15 is 0 Å². The van der Waals surface area contributed by atoms with Gasteiger partial charge in [-0.1, -0.05) is 80.1 Å². The quantitative estimate of drug-likeness (QED) is 0.0846. The molecule has 1 saturated heterocycles. The molecule has 260 valence electrons. The second-order valence-electron chi connectivity index (χ2n) is 12.3. The number of carbonyl (C=O) groups excluding carboxylic acids is 1. The van der Waals surface area contributed by atoms with Crippen molar-refractivity contribution in [1.29, 1.82) is 0 Å². The summed E-state index contributed by atoms with van der Waals surface area (Å²) in [5, 5.41) is 17.0. The van der Waals surface area contributed by atoms with Gasteiger partial charge in [0.25, 0.3) is 0 Å². The summed E-state index contributed by atoms with van der Waals surface area (Å²) in [4.78, 5) is 16.9. The molecular formula is C40H44N4O6. The number of methoxy groups -OCH3 is 2. The highest BCUT2D eigenvalue weighted by Gasteiger charge is 2.42. The lowest BCUT2D eigenvalue weighted by molar-refractivity contribution is -0.0936. The number of nitrogens with zero attached hydrogens (tertiary/aromatic N) is 2. The molecule has 2 heterocycles. The number of carbonyl (C=O) groups is 1. The zero-order chi connectivity index (χ0) is 34.9. The molecule has 1 aliphatic heterocycles. The summed E-state index contributed by atoms with van der Waals surface area (Å²) in [6.07, 6.45) is 4.07. The van der Waals surface area contributed by atoms with Crippen LogP contribution in [0.1, 0.15) is 49.1 Å². The highest BCUT2D eigenvalue weighted by atomic mass is 16.6. The number of aromatic nitrogens is 2. The van der Waals surface area contributed by atoms with Crippen LogP contribution in [0.4, 0.5) is 10.5 Å². The Hall–Kier alpha value is -5.16. The second-order valence-corrected chi connectivity index (χ2v) is 12.3. The monoisotopic (exact) mass is 676 g/mol. The second kappa shape index (κ2) is 16.0. The molecule has 3 atom stereocenters. The maximum Gasteiger partial charge on any atom is 0.319 e. The molecule has 0 unspecified atom stereocenters. The van der Waals surface area contributed by atoms with Crippen LogP contribution in [-0.4, -0.2) is 60.3 Å². The van der Waals surface area contributed by atoms with Crippen LogP contribution in [0.2, 0.25) is 0 Å². The Balaban J connectivity index is 1.22. The molecule has 0 spiro atoms. The molecule has 0 saturated carbocycles. The third-order valence-electron chi connectivity index (χ3n) is 9.01. The van der Waals surface area contributed by atoms with Crippen molar-refractivity contribution in [2.45, 2.75) is 50.2 Å². The van der Waals surface area contributed by atoms with E-state index in [-0.39, 0.29) is 12.6 Å². The fraction of sp³-hybridized carbons (Fsp3) is 0.300. The van der Waals surface area contributed by atoms with Crippen LogP contribution in [0.15, 0.2) is 116 Å². The van der Waals surface area contributed by atoms with Crippen molar-refractivity contribution in [3.8, 4) is 22.8 Å². The van der Waals surface area contributed by atoms with E-state index in [0.717, 1.165) is 52.3 Å². The maximum atomic E-state index is 12.3. The molecule has 50 heavy (non-hydrogen) atoms. The molecule has 6 rings (SSSR count). The van der Waals surface area contributed by atoms with Gasteiger partial charge in [-0.05, 0) is 59.5 Å². The predicted molar refractivity (Wildman–Crippen MR) is 192 cm³/mol. The van der Waals surface area contributed by atoms with E-state index in [1.807, 2.05) is 114 Å². The van der Waals surface area contributed by atoms with Crippen molar-refractivity contribution in [3.63, 3.8) is 0 Å². The third kappa shape index (κ3) is 7.68. The SMILES string of the molecule is CCCCNC(=O)Nc1cccc(-c2cn([C@@H]3C[C@H](O)[C@@H](COC(c4ccccc4)(c4ccc(OC)cc4)c4ccc(OC)cc4)O3)cn2)c1. The maximum absolute atomic E-state index is 12.3. The Bertz CT molecular complexity index is 1780. The number of nitrogens with one attached hydrogen (secondary N) is 2. The first-order valence-corrected chi connectivity index (χ1v) is 16.9. The molecular weight excluding hydrogens is 632 g/mol. The first-order chi connectivity index (χ1) is 24.4. The summed E-state index contributed by atoms with van der Waals surface area (Å²) in [5.41, 5.74) is 3.93. The standard InChI is InChI=1S/C40H44N4O6/c1-4-5-22-41-39(46)43-32-13-9-10-28(23-32)35-25-44(27-42-35)38-24-36(45)37(50-38)26-49-40(29-11-7-6-8-12-29,30-14-18-33(47-2)19-15-30)31-16-20-34(48-3)21-17-31/h6-21,23,25,27,36-38,45H,4-5,22,24,26H2,1-3H3,(H2,41,43,46)/t36-,37+,38-/m0/s1. The lowest BCUT2D eigenvalue weighted by atomic mass is 9.80. The normalized spacial score (nSPS) is 17.3. The van der Waals surface area contributed by atoms with E-state index in [2.05, 4.69) is 22.5 Å². The highest BCUT2D eigenvalue weighted by molar-refractivity contribution is 5.90. The summed E-state index contributed by atoms with van der Waals surface area (Å²) in [6, 6.07) is 33.0. The van der Waals surface area contributed by atoms with Gasteiger partial charge in [-0.15, -0.1) is 0 Å². The first kappa shape index (κ1) is 34.7. The van der Waals surface area contributed by atoms with E-state index in [1.165, 1.54) is 0 Å². The number of benzene rings is 4. The van der Waals surface area contributed by atoms with Crippen LogP contribution in [0.5, 0.6) is 11.5 Å². The van der Waals surface area contributed by atoms with Crippen LogP contribution < -0.4 is 20.1 Å². The number of ether oxygens (including phenoxy) is 4. The Morgan fingerprint density at radius 3 is 2.22 bits per heavy atom. The third-order valence-corrected chi connectivity index (χ3v) is 9.01. The Morgan fingerprint density at radius 1 is 0.920 bits per heavy atom. The van der Waals surface area contributed by atoms with Crippen LogP contribution in [0, 0.1) is 0 Å². The minimum absolute atomic E-state index is 0.111. The number of unbranched alkanes of at least 4 members (excludes halogenated alkanes) is 1. The zero-order valence-corrected chi connectivity index (χ0v) is 28.6. The number of aliphatic hydroxyl groups is 1. The molecule has 1 aromatic heterocycles. The fourth-order valence-electron chi connectivity index (χ4n) is 6.28. The first-order valence-electron chi connectivity index (χ1n) is 16.9. The average Bonchev–Trinajstić information content (AvgIpc) is 3.80. The van der Waals surface area contributed by atoms with E-state index in [0.29, 0.717) is 18.7 Å². The molecule has 4 aromatic carbocycles. The van der Waals surface area contributed by atoms with Gasteiger partial charge in [-0.3, -0.25) is 0 Å². The van der Waals surface area contributed by atoms with Crippen molar-refractivity contribution in [2.24, 2.45) is 0 Å². The zero-order valence-electron chi connectivity index (χ0n) is 28.6. The molecule has 5 aromatic rings. The topological polar surface area (TPSA) is 116 Å². The van der Waals surface area contributed by atoms with Crippen molar-refractivity contribution >= 4 is 11.7 Å². The lowest BCUT2D eigenvalue weighted by Crippen LogP contribution is -2.38. The average molecular weight is 677 g/mol. The summed E-state index contributed by atoms with van der Waals surface area (Å²) >= 11 is 0. The Morgan fingerprint density at radius 2 is 1.58 bits per heavy atom.